The molecule has 0 saturated carbocycles. The van der Waals surface area contributed by atoms with Crippen LogP contribution in [0.3, 0.4) is 0 Å². The van der Waals surface area contributed by atoms with E-state index in [2.05, 4.69) is 10.00 Å². The van der Waals surface area contributed by atoms with Crippen LogP contribution in [0.25, 0.3) is 0 Å². The van der Waals surface area contributed by atoms with Gasteiger partial charge in [0.25, 0.3) is 0 Å². The minimum atomic E-state index is -0.573. The predicted octanol–water partition coefficient (Wildman–Crippen LogP) is 2.52. The maximum Gasteiger partial charge on any atom is 0.129 e. The monoisotopic (exact) mass is 335 g/mol. The first-order chi connectivity index (χ1) is 11.5. The first-order valence-electron chi connectivity index (χ1n) is 8.24. The third-order valence-corrected chi connectivity index (χ3v) is 4.82. The van der Waals surface area contributed by atoms with E-state index < -0.39 is 11.6 Å². The molecule has 130 valence electrons. The van der Waals surface area contributed by atoms with Crippen LogP contribution in [0.5, 0.6) is 0 Å². The molecule has 24 heavy (non-hydrogen) atoms. The Morgan fingerprint density at radius 3 is 2.83 bits per heavy atom. The summed E-state index contributed by atoms with van der Waals surface area (Å²) in [6.45, 7) is 2.40. The van der Waals surface area contributed by atoms with Crippen LogP contribution in [0, 0.1) is 17.0 Å². The molecule has 2 aromatic rings. The van der Waals surface area contributed by atoms with E-state index in [-0.39, 0.29) is 12.0 Å². The van der Waals surface area contributed by atoms with Crippen LogP contribution < -0.4 is 0 Å². The molecule has 1 aliphatic heterocycles. The van der Waals surface area contributed by atoms with Gasteiger partial charge in [-0.15, -0.1) is 0 Å². The number of hydrogen-bond donors (Lipinski definition) is 1. The van der Waals surface area contributed by atoms with Crippen molar-refractivity contribution in [3.05, 3.63) is 53.4 Å². The van der Waals surface area contributed by atoms with Gasteiger partial charge in [-0.05, 0) is 37.4 Å². The number of aromatic nitrogens is 2. The number of likely N-dealkylation sites (tertiary alicyclic amines) is 1. The van der Waals surface area contributed by atoms with E-state index in [1.807, 2.05) is 19.4 Å². The lowest BCUT2D eigenvalue weighted by Crippen LogP contribution is -2.46. The van der Waals surface area contributed by atoms with Gasteiger partial charge in [0.2, 0.25) is 0 Å². The Kier molecular flexibility index (Phi) is 4.96. The molecule has 6 heteroatoms. The van der Waals surface area contributed by atoms with Crippen molar-refractivity contribution in [1.29, 1.82) is 0 Å². The van der Waals surface area contributed by atoms with Crippen LogP contribution in [0.1, 0.15) is 24.0 Å². The molecule has 0 aliphatic carbocycles. The van der Waals surface area contributed by atoms with Crippen LogP contribution in [-0.2, 0) is 20.0 Å². The van der Waals surface area contributed by atoms with Crippen LogP contribution in [0.2, 0.25) is 0 Å². The second kappa shape index (κ2) is 6.99. The van der Waals surface area contributed by atoms with Crippen molar-refractivity contribution < 1.29 is 13.9 Å². The molecule has 1 saturated heterocycles. The standard InChI is InChI=1S/C18H23F2N3O/c1-22-10-14(9-21-22)11-23-6-2-5-18(12-23,13-24)8-15-3-4-16(19)7-17(15)20/h3-4,7,9-10,24H,2,5-6,8,11-13H2,1H3. The van der Waals surface area contributed by atoms with E-state index in [0.717, 1.165) is 37.6 Å². The van der Waals surface area contributed by atoms with E-state index in [9.17, 15) is 13.9 Å². The zero-order valence-electron chi connectivity index (χ0n) is 13.9. The van der Waals surface area contributed by atoms with Gasteiger partial charge in [0, 0.05) is 43.4 Å². The number of hydrogen-bond acceptors (Lipinski definition) is 3. The van der Waals surface area contributed by atoms with Gasteiger partial charge in [0.1, 0.15) is 11.6 Å². The van der Waals surface area contributed by atoms with Crippen molar-refractivity contribution in [2.45, 2.75) is 25.8 Å². The Bertz CT molecular complexity index is 703. The number of aliphatic hydroxyl groups is 1. The molecule has 0 radical (unpaired) electrons. The Balaban J connectivity index is 1.73. The third-order valence-electron chi connectivity index (χ3n) is 4.82. The molecule has 0 spiro atoms. The summed E-state index contributed by atoms with van der Waals surface area (Å²) in [7, 11) is 1.88. The fourth-order valence-electron chi connectivity index (χ4n) is 3.66. The third kappa shape index (κ3) is 3.82. The minimum absolute atomic E-state index is 0.00659. The van der Waals surface area contributed by atoms with Crippen LogP contribution >= 0.6 is 0 Å². The Labute approximate surface area is 140 Å². The summed E-state index contributed by atoms with van der Waals surface area (Å²) in [5.41, 5.74) is 1.20. The van der Waals surface area contributed by atoms with Gasteiger partial charge >= 0.3 is 0 Å². The summed E-state index contributed by atoms with van der Waals surface area (Å²) in [6.07, 6.45) is 6.02. The van der Waals surface area contributed by atoms with E-state index in [4.69, 9.17) is 0 Å². The van der Waals surface area contributed by atoms with Crippen LogP contribution in [0.4, 0.5) is 8.78 Å². The first-order valence-corrected chi connectivity index (χ1v) is 8.24. The van der Waals surface area contributed by atoms with Crippen molar-refractivity contribution in [1.82, 2.24) is 14.7 Å². The summed E-state index contributed by atoms with van der Waals surface area (Å²) >= 11 is 0. The largest absolute Gasteiger partial charge is 0.396 e. The quantitative estimate of drug-likeness (QED) is 0.913. The lowest BCUT2D eigenvalue weighted by atomic mass is 9.75. The van der Waals surface area contributed by atoms with Gasteiger partial charge in [-0.1, -0.05) is 6.07 Å². The molecule has 1 atom stereocenters. The number of nitrogens with zero attached hydrogens (tertiary/aromatic N) is 3. The number of piperidine rings is 1. The highest BCUT2D eigenvalue weighted by Gasteiger charge is 2.35. The summed E-state index contributed by atoms with van der Waals surface area (Å²) in [6, 6.07) is 3.68. The highest BCUT2D eigenvalue weighted by Crippen LogP contribution is 2.34. The normalized spacial score (nSPS) is 22.0. The molecule has 0 amide bonds. The van der Waals surface area contributed by atoms with E-state index >= 15 is 0 Å². The molecule has 2 heterocycles. The highest BCUT2D eigenvalue weighted by atomic mass is 19.1. The number of halogens is 2. The van der Waals surface area contributed by atoms with Crippen LogP contribution in [-0.4, -0.2) is 39.5 Å². The van der Waals surface area contributed by atoms with Gasteiger partial charge in [-0.3, -0.25) is 9.58 Å². The fraction of sp³-hybridized carbons (Fsp3) is 0.500. The van der Waals surface area contributed by atoms with E-state index in [1.165, 1.54) is 12.1 Å². The number of aryl methyl sites for hydroxylation is 1. The van der Waals surface area contributed by atoms with Crippen molar-refractivity contribution in [3.63, 3.8) is 0 Å². The van der Waals surface area contributed by atoms with Gasteiger partial charge in [0.05, 0.1) is 12.8 Å². The zero-order valence-corrected chi connectivity index (χ0v) is 13.9. The average molecular weight is 335 g/mol. The van der Waals surface area contributed by atoms with Crippen molar-refractivity contribution >= 4 is 0 Å². The maximum absolute atomic E-state index is 14.0. The molecular formula is C18H23F2N3O. The molecule has 1 N–H and O–H groups in total. The Morgan fingerprint density at radius 2 is 2.17 bits per heavy atom. The summed E-state index contributed by atoms with van der Waals surface area (Å²) in [5.74, 6) is -1.11. The number of aliphatic hydroxyl groups excluding tert-OH is 1. The Morgan fingerprint density at radius 1 is 1.33 bits per heavy atom. The second-order valence-electron chi connectivity index (χ2n) is 6.91. The molecule has 1 fully saturated rings. The van der Waals surface area contributed by atoms with Crippen LogP contribution in [0.15, 0.2) is 30.6 Å². The van der Waals surface area contributed by atoms with E-state index in [0.29, 0.717) is 18.5 Å². The minimum Gasteiger partial charge on any atom is -0.396 e. The topological polar surface area (TPSA) is 41.3 Å². The van der Waals surface area contributed by atoms with Gasteiger partial charge in [-0.2, -0.15) is 5.10 Å². The fourth-order valence-corrected chi connectivity index (χ4v) is 3.66. The van der Waals surface area contributed by atoms with Gasteiger partial charge in [0.15, 0.2) is 0 Å². The van der Waals surface area contributed by atoms with Crippen molar-refractivity contribution in [3.8, 4) is 0 Å². The lowest BCUT2D eigenvalue weighted by Gasteiger charge is -2.42. The summed E-state index contributed by atoms with van der Waals surface area (Å²) in [5, 5.41) is 14.2. The highest BCUT2D eigenvalue weighted by molar-refractivity contribution is 5.20. The molecule has 1 aromatic heterocycles. The first kappa shape index (κ1) is 17.0. The smallest absolute Gasteiger partial charge is 0.129 e. The molecule has 1 unspecified atom stereocenters. The zero-order chi connectivity index (χ0) is 17.2. The van der Waals surface area contributed by atoms with Crippen molar-refractivity contribution in [2.75, 3.05) is 19.7 Å². The Hall–Kier alpha value is -1.79. The molecule has 3 rings (SSSR count). The lowest BCUT2D eigenvalue weighted by molar-refractivity contribution is 0.0282. The molecule has 0 bridgehead atoms. The predicted molar refractivity (Wildman–Crippen MR) is 87.3 cm³/mol. The average Bonchev–Trinajstić information content (AvgIpc) is 2.95. The second-order valence-corrected chi connectivity index (χ2v) is 6.91. The van der Waals surface area contributed by atoms with Crippen molar-refractivity contribution in [2.24, 2.45) is 12.5 Å². The van der Waals surface area contributed by atoms with Gasteiger partial charge in [-0.25, -0.2) is 8.78 Å². The SMILES string of the molecule is Cn1cc(CN2CCCC(CO)(Cc3ccc(F)cc3F)C2)cn1. The number of benzene rings is 1. The van der Waals surface area contributed by atoms with Gasteiger partial charge < -0.3 is 5.11 Å². The maximum atomic E-state index is 14.0. The summed E-state index contributed by atoms with van der Waals surface area (Å²) in [4.78, 5) is 2.28. The molecule has 1 aliphatic rings. The number of rotatable bonds is 5. The van der Waals surface area contributed by atoms with E-state index in [1.54, 1.807) is 4.68 Å². The molecule has 1 aromatic carbocycles. The molecular weight excluding hydrogens is 312 g/mol. The summed E-state index contributed by atoms with van der Waals surface area (Å²) < 4.78 is 28.9. The molecule has 4 nitrogen and oxygen atoms in total.